The standard InChI is InChI=1S/C28H42O/c1-18(2)19(3)7-8-20(4)24-11-12-25-23-10-9-21-17-22(29)13-15-27(21,5)26(23)14-16-28(24,25)6/h7-10,17-20,23-26H,11-16H2,1-6H3/b8-7+/t19?,20-,23?,24-,25?,26?,27+,28-/m1/s1. The van der Waals surface area contributed by atoms with Crippen LogP contribution in [0.1, 0.15) is 80.1 Å². The first-order chi connectivity index (χ1) is 13.7. The fourth-order valence-corrected chi connectivity index (χ4v) is 7.61. The topological polar surface area (TPSA) is 17.1 Å². The third kappa shape index (κ3) is 3.41. The number of fused-ring (bicyclic) bond motifs is 5. The minimum absolute atomic E-state index is 0.227. The van der Waals surface area contributed by atoms with Gasteiger partial charge in [0, 0.05) is 6.42 Å². The highest BCUT2D eigenvalue weighted by Gasteiger charge is 2.58. The average molecular weight is 395 g/mol. The molecule has 8 atom stereocenters. The molecule has 0 N–H and O–H groups in total. The van der Waals surface area contributed by atoms with Gasteiger partial charge in [0.2, 0.25) is 0 Å². The fraction of sp³-hybridized carbons (Fsp3) is 0.750. The van der Waals surface area contributed by atoms with Crippen LogP contribution in [0.15, 0.2) is 36.0 Å². The van der Waals surface area contributed by atoms with Crippen molar-refractivity contribution in [2.75, 3.05) is 0 Å². The molecule has 4 aliphatic carbocycles. The Bertz CT molecular complexity index is 739. The Kier molecular flexibility index (Phi) is 5.50. The molecular formula is C28H42O. The molecule has 0 aromatic rings. The molecular weight excluding hydrogens is 352 g/mol. The summed E-state index contributed by atoms with van der Waals surface area (Å²) < 4.78 is 0. The van der Waals surface area contributed by atoms with Gasteiger partial charge in [0.15, 0.2) is 5.78 Å². The summed E-state index contributed by atoms with van der Waals surface area (Å²) in [5.74, 6) is 5.46. The van der Waals surface area contributed by atoms with Gasteiger partial charge in [-0.2, -0.15) is 0 Å². The molecule has 0 aromatic carbocycles. The largest absolute Gasteiger partial charge is 0.295 e. The first kappa shape index (κ1) is 21.1. The molecule has 2 fully saturated rings. The van der Waals surface area contributed by atoms with Crippen LogP contribution < -0.4 is 0 Å². The number of carbonyl (C=O) groups excluding carboxylic acids is 1. The molecule has 0 spiro atoms. The van der Waals surface area contributed by atoms with Gasteiger partial charge in [-0.15, -0.1) is 0 Å². The zero-order chi connectivity index (χ0) is 21.0. The van der Waals surface area contributed by atoms with E-state index in [-0.39, 0.29) is 5.41 Å². The van der Waals surface area contributed by atoms with E-state index in [1.54, 1.807) is 0 Å². The smallest absolute Gasteiger partial charge is 0.156 e. The second kappa shape index (κ2) is 7.54. The molecule has 0 heterocycles. The Balaban J connectivity index is 1.57. The minimum Gasteiger partial charge on any atom is -0.295 e. The van der Waals surface area contributed by atoms with Crippen molar-refractivity contribution in [3.63, 3.8) is 0 Å². The maximum atomic E-state index is 12.0. The van der Waals surface area contributed by atoms with E-state index in [2.05, 4.69) is 65.8 Å². The highest BCUT2D eigenvalue weighted by molar-refractivity contribution is 5.92. The molecule has 0 radical (unpaired) electrons. The van der Waals surface area contributed by atoms with Crippen LogP contribution in [-0.2, 0) is 4.79 Å². The van der Waals surface area contributed by atoms with Crippen molar-refractivity contribution in [3.05, 3.63) is 36.0 Å². The van der Waals surface area contributed by atoms with Gasteiger partial charge in [-0.05, 0) is 96.0 Å². The highest BCUT2D eigenvalue weighted by Crippen LogP contribution is 2.66. The monoisotopic (exact) mass is 394 g/mol. The van der Waals surface area contributed by atoms with E-state index in [1.165, 1.54) is 31.3 Å². The summed E-state index contributed by atoms with van der Waals surface area (Å²) in [6.07, 6.45) is 19.1. The molecule has 1 nitrogen and oxygen atoms in total. The van der Waals surface area contributed by atoms with Crippen LogP contribution >= 0.6 is 0 Å². The molecule has 1 heteroatoms. The minimum atomic E-state index is 0.227. The number of ketones is 1. The first-order valence-corrected chi connectivity index (χ1v) is 12.3. The summed E-state index contributed by atoms with van der Waals surface area (Å²) in [6, 6.07) is 0. The molecule has 4 rings (SSSR count). The zero-order valence-corrected chi connectivity index (χ0v) is 19.6. The lowest BCUT2D eigenvalue weighted by Crippen LogP contribution is -2.49. The predicted molar refractivity (Wildman–Crippen MR) is 122 cm³/mol. The lowest BCUT2D eigenvalue weighted by atomic mass is 9.48. The van der Waals surface area contributed by atoms with Crippen molar-refractivity contribution in [3.8, 4) is 0 Å². The average Bonchev–Trinajstić information content (AvgIpc) is 3.03. The number of hydrogen-bond acceptors (Lipinski definition) is 1. The summed E-state index contributed by atoms with van der Waals surface area (Å²) in [4.78, 5) is 12.0. The van der Waals surface area contributed by atoms with Crippen LogP contribution in [0.2, 0.25) is 0 Å². The van der Waals surface area contributed by atoms with Gasteiger partial charge in [0.25, 0.3) is 0 Å². The van der Waals surface area contributed by atoms with Gasteiger partial charge in [-0.25, -0.2) is 0 Å². The molecule has 160 valence electrons. The van der Waals surface area contributed by atoms with Crippen LogP contribution in [0.4, 0.5) is 0 Å². The molecule has 0 aromatic heterocycles. The van der Waals surface area contributed by atoms with Crippen molar-refractivity contribution < 1.29 is 4.79 Å². The Morgan fingerprint density at radius 1 is 1.00 bits per heavy atom. The SMILES string of the molecule is CC(C)C(C)/C=C/[C@@H](C)[C@H]1CCC2C3C=CC4=CC(=O)CC[C@]4(C)C3CC[C@@]21C. The number of allylic oxidation sites excluding steroid dienone is 6. The van der Waals surface area contributed by atoms with Crippen molar-refractivity contribution >= 4 is 5.78 Å². The predicted octanol–water partition coefficient (Wildman–Crippen LogP) is 7.39. The fourth-order valence-electron chi connectivity index (χ4n) is 7.61. The lowest BCUT2D eigenvalue weighted by molar-refractivity contribution is -0.116. The van der Waals surface area contributed by atoms with Crippen LogP contribution in [-0.4, -0.2) is 5.78 Å². The van der Waals surface area contributed by atoms with E-state index in [1.807, 2.05) is 6.08 Å². The van der Waals surface area contributed by atoms with Crippen molar-refractivity contribution in [1.29, 1.82) is 0 Å². The summed E-state index contributed by atoms with van der Waals surface area (Å²) in [5, 5.41) is 0. The second-order valence-corrected chi connectivity index (χ2v) is 11.7. The van der Waals surface area contributed by atoms with Crippen LogP contribution in [0, 0.1) is 52.3 Å². The van der Waals surface area contributed by atoms with Crippen molar-refractivity contribution in [2.24, 2.45) is 52.3 Å². The second-order valence-electron chi connectivity index (χ2n) is 11.7. The zero-order valence-electron chi connectivity index (χ0n) is 19.6. The normalized spacial score (nSPS) is 43.7. The van der Waals surface area contributed by atoms with Gasteiger partial charge in [0.1, 0.15) is 0 Å². The Hall–Kier alpha value is -1.11. The third-order valence-corrected chi connectivity index (χ3v) is 9.99. The van der Waals surface area contributed by atoms with Crippen molar-refractivity contribution in [2.45, 2.75) is 80.1 Å². The van der Waals surface area contributed by atoms with Gasteiger partial charge < -0.3 is 0 Å². The van der Waals surface area contributed by atoms with Crippen LogP contribution in [0.25, 0.3) is 0 Å². The molecule has 29 heavy (non-hydrogen) atoms. The Morgan fingerprint density at radius 2 is 1.76 bits per heavy atom. The van der Waals surface area contributed by atoms with E-state index in [9.17, 15) is 4.79 Å². The number of carbonyl (C=O) groups is 1. The summed E-state index contributed by atoms with van der Waals surface area (Å²) in [7, 11) is 0. The van der Waals surface area contributed by atoms with Gasteiger partial charge in [-0.3, -0.25) is 4.79 Å². The van der Waals surface area contributed by atoms with Crippen molar-refractivity contribution in [1.82, 2.24) is 0 Å². The molecule has 0 saturated heterocycles. The van der Waals surface area contributed by atoms with Gasteiger partial charge in [-0.1, -0.05) is 65.8 Å². The van der Waals surface area contributed by atoms with E-state index in [4.69, 9.17) is 0 Å². The van der Waals surface area contributed by atoms with E-state index < -0.39 is 0 Å². The highest BCUT2D eigenvalue weighted by atomic mass is 16.1. The summed E-state index contributed by atoms with van der Waals surface area (Å²) in [5.41, 5.74) is 2.02. The van der Waals surface area contributed by atoms with E-state index in [0.29, 0.717) is 29.0 Å². The molecule has 4 aliphatic rings. The third-order valence-electron chi connectivity index (χ3n) is 9.99. The first-order valence-electron chi connectivity index (χ1n) is 12.3. The van der Waals surface area contributed by atoms with Gasteiger partial charge in [0.05, 0.1) is 0 Å². The molecule has 0 bridgehead atoms. The Labute approximate surface area is 179 Å². The summed E-state index contributed by atoms with van der Waals surface area (Å²) >= 11 is 0. The maximum Gasteiger partial charge on any atom is 0.156 e. The van der Waals surface area contributed by atoms with E-state index in [0.717, 1.165) is 36.5 Å². The molecule has 0 aliphatic heterocycles. The maximum absolute atomic E-state index is 12.0. The Morgan fingerprint density at radius 3 is 2.48 bits per heavy atom. The molecule has 2 saturated carbocycles. The lowest BCUT2D eigenvalue weighted by Gasteiger charge is -2.56. The number of hydrogen-bond donors (Lipinski definition) is 0. The van der Waals surface area contributed by atoms with Crippen LogP contribution in [0.3, 0.4) is 0 Å². The van der Waals surface area contributed by atoms with Crippen LogP contribution in [0.5, 0.6) is 0 Å². The molecule has 4 unspecified atom stereocenters. The van der Waals surface area contributed by atoms with E-state index >= 15 is 0 Å². The number of rotatable bonds is 4. The van der Waals surface area contributed by atoms with Gasteiger partial charge >= 0.3 is 0 Å². The quantitative estimate of drug-likeness (QED) is 0.454. The molecule has 0 amide bonds. The summed E-state index contributed by atoms with van der Waals surface area (Å²) in [6.45, 7) is 14.6.